The Labute approximate surface area is 106 Å². The molecular formula is C12H19N3OS. The standard InChI is InChI=1S/C12H19N3OS/c13-7-10-3-1-5-15(10)9-12(16)14-8-11-4-2-6-17-11/h2,4,6,10H,1,3,5,7-9,13H2,(H,14,16). The van der Waals surface area contributed by atoms with Gasteiger partial charge in [-0.1, -0.05) is 6.07 Å². The van der Waals surface area contributed by atoms with Gasteiger partial charge in [0.2, 0.25) is 5.91 Å². The average Bonchev–Trinajstić information content (AvgIpc) is 2.97. The average molecular weight is 253 g/mol. The van der Waals surface area contributed by atoms with Gasteiger partial charge >= 0.3 is 0 Å². The van der Waals surface area contributed by atoms with Crippen LogP contribution in [0, 0.1) is 0 Å². The van der Waals surface area contributed by atoms with Gasteiger partial charge in [0.25, 0.3) is 0 Å². The summed E-state index contributed by atoms with van der Waals surface area (Å²) < 4.78 is 0. The first-order valence-electron chi connectivity index (χ1n) is 6.03. The molecule has 1 aliphatic heterocycles. The number of carbonyl (C=O) groups excluding carboxylic acids is 1. The van der Waals surface area contributed by atoms with Gasteiger partial charge in [-0.15, -0.1) is 11.3 Å². The van der Waals surface area contributed by atoms with Gasteiger partial charge < -0.3 is 11.1 Å². The molecule has 5 heteroatoms. The van der Waals surface area contributed by atoms with Crippen LogP contribution in [0.4, 0.5) is 0 Å². The van der Waals surface area contributed by atoms with E-state index < -0.39 is 0 Å². The van der Waals surface area contributed by atoms with Gasteiger partial charge in [0.1, 0.15) is 0 Å². The number of hydrogen-bond donors (Lipinski definition) is 2. The van der Waals surface area contributed by atoms with Gasteiger partial charge in [0, 0.05) is 17.5 Å². The topological polar surface area (TPSA) is 58.4 Å². The van der Waals surface area contributed by atoms with E-state index >= 15 is 0 Å². The van der Waals surface area contributed by atoms with Crippen LogP contribution in [0.5, 0.6) is 0 Å². The van der Waals surface area contributed by atoms with Crippen LogP contribution in [0.3, 0.4) is 0 Å². The SMILES string of the molecule is NCC1CCCN1CC(=O)NCc1cccs1. The molecule has 4 nitrogen and oxygen atoms in total. The van der Waals surface area contributed by atoms with Crippen LogP contribution < -0.4 is 11.1 Å². The van der Waals surface area contributed by atoms with Crippen molar-refractivity contribution in [3.8, 4) is 0 Å². The van der Waals surface area contributed by atoms with E-state index in [-0.39, 0.29) is 5.91 Å². The normalized spacial score (nSPS) is 20.6. The van der Waals surface area contributed by atoms with E-state index in [9.17, 15) is 4.79 Å². The monoisotopic (exact) mass is 253 g/mol. The molecule has 1 fully saturated rings. The van der Waals surface area contributed by atoms with Crippen LogP contribution in [0.1, 0.15) is 17.7 Å². The van der Waals surface area contributed by atoms with Gasteiger partial charge in [-0.05, 0) is 30.8 Å². The van der Waals surface area contributed by atoms with E-state index in [4.69, 9.17) is 5.73 Å². The molecule has 1 aromatic heterocycles. The Morgan fingerprint density at radius 2 is 2.53 bits per heavy atom. The lowest BCUT2D eigenvalue weighted by molar-refractivity contribution is -0.122. The molecule has 1 aromatic rings. The second-order valence-corrected chi connectivity index (χ2v) is 5.39. The molecule has 1 atom stereocenters. The van der Waals surface area contributed by atoms with Gasteiger partial charge in [-0.2, -0.15) is 0 Å². The van der Waals surface area contributed by atoms with Crippen LogP contribution in [-0.4, -0.2) is 36.5 Å². The Morgan fingerprint density at radius 1 is 1.65 bits per heavy atom. The lowest BCUT2D eigenvalue weighted by atomic mass is 10.2. The smallest absolute Gasteiger partial charge is 0.234 e. The summed E-state index contributed by atoms with van der Waals surface area (Å²) in [7, 11) is 0. The predicted molar refractivity (Wildman–Crippen MR) is 69.8 cm³/mol. The Morgan fingerprint density at radius 3 is 3.24 bits per heavy atom. The van der Waals surface area contributed by atoms with E-state index in [2.05, 4.69) is 10.2 Å². The summed E-state index contributed by atoms with van der Waals surface area (Å²) in [5.41, 5.74) is 5.68. The first-order chi connectivity index (χ1) is 8.29. The molecule has 0 bridgehead atoms. The van der Waals surface area contributed by atoms with Crippen molar-refractivity contribution in [1.29, 1.82) is 0 Å². The third-order valence-electron chi connectivity index (χ3n) is 3.16. The Hall–Kier alpha value is -0.910. The zero-order valence-corrected chi connectivity index (χ0v) is 10.7. The fraction of sp³-hybridized carbons (Fsp3) is 0.583. The molecule has 0 saturated carbocycles. The van der Waals surface area contributed by atoms with E-state index in [0.717, 1.165) is 19.4 Å². The minimum absolute atomic E-state index is 0.0961. The Kier molecular flexibility index (Phi) is 4.53. The van der Waals surface area contributed by atoms with Crippen molar-refractivity contribution in [2.24, 2.45) is 5.73 Å². The molecule has 2 heterocycles. The molecule has 3 N–H and O–H groups in total. The number of rotatable bonds is 5. The van der Waals surface area contributed by atoms with E-state index in [1.54, 1.807) is 11.3 Å². The molecule has 0 spiro atoms. The van der Waals surface area contributed by atoms with Gasteiger partial charge in [0.15, 0.2) is 0 Å². The molecule has 0 radical (unpaired) electrons. The maximum atomic E-state index is 11.8. The third kappa shape index (κ3) is 3.52. The fourth-order valence-corrected chi connectivity index (χ4v) is 2.85. The maximum absolute atomic E-state index is 11.8. The lowest BCUT2D eigenvalue weighted by Gasteiger charge is -2.22. The number of amides is 1. The molecule has 1 aliphatic rings. The van der Waals surface area contributed by atoms with Crippen molar-refractivity contribution in [1.82, 2.24) is 10.2 Å². The highest BCUT2D eigenvalue weighted by atomic mass is 32.1. The summed E-state index contributed by atoms with van der Waals surface area (Å²) >= 11 is 1.66. The first kappa shape index (κ1) is 12.5. The number of nitrogens with one attached hydrogen (secondary N) is 1. The number of thiophene rings is 1. The van der Waals surface area contributed by atoms with Crippen molar-refractivity contribution in [3.63, 3.8) is 0 Å². The highest BCUT2D eigenvalue weighted by molar-refractivity contribution is 7.09. The zero-order chi connectivity index (χ0) is 12.1. The Balaban J connectivity index is 1.73. The van der Waals surface area contributed by atoms with Crippen LogP contribution in [0.2, 0.25) is 0 Å². The second kappa shape index (κ2) is 6.14. The highest BCUT2D eigenvalue weighted by Crippen LogP contribution is 2.15. The summed E-state index contributed by atoms with van der Waals surface area (Å²) in [5, 5.41) is 4.97. The van der Waals surface area contributed by atoms with Crippen LogP contribution in [-0.2, 0) is 11.3 Å². The minimum atomic E-state index is 0.0961. The van der Waals surface area contributed by atoms with Crippen molar-refractivity contribution in [2.45, 2.75) is 25.4 Å². The number of hydrogen-bond acceptors (Lipinski definition) is 4. The molecule has 2 rings (SSSR count). The summed E-state index contributed by atoms with van der Waals surface area (Å²) in [6, 6.07) is 4.42. The lowest BCUT2D eigenvalue weighted by Crippen LogP contribution is -2.42. The quantitative estimate of drug-likeness (QED) is 0.815. The molecule has 1 saturated heterocycles. The van der Waals surface area contributed by atoms with Crippen LogP contribution in [0.25, 0.3) is 0 Å². The number of likely N-dealkylation sites (tertiary alicyclic amines) is 1. The molecule has 0 aliphatic carbocycles. The van der Waals surface area contributed by atoms with E-state index in [0.29, 0.717) is 25.7 Å². The molecule has 17 heavy (non-hydrogen) atoms. The van der Waals surface area contributed by atoms with Crippen LogP contribution >= 0.6 is 11.3 Å². The highest BCUT2D eigenvalue weighted by Gasteiger charge is 2.24. The van der Waals surface area contributed by atoms with Gasteiger partial charge in [-0.3, -0.25) is 9.69 Å². The second-order valence-electron chi connectivity index (χ2n) is 4.36. The zero-order valence-electron chi connectivity index (χ0n) is 9.89. The summed E-state index contributed by atoms with van der Waals surface area (Å²) in [5.74, 6) is 0.0961. The molecule has 94 valence electrons. The number of carbonyl (C=O) groups is 1. The minimum Gasteiger partial charge on any atom is -0.350 e. The predicted octanol–water partition coefficient (Wildman–Crippen LogP) is 0.787. The number of nitrogens with zero attached hydrogens (tertiary/aromatic N) is 1. The largest absolute Gasteiger partial charge is 0.350 e. The molecule has 0 aromatic carbocycles. The molecule has 1 unspecified atom stereocenters. The molecule has 1 amide bonds. The number of nitrogens with two attached hydrogens (primary N) is 1. The van der Waals surface area contributed by atoms with Crippen molar-refractivity contribution in [2.75, 3.05) is 19.6 Å². The summed E-state index contributed by atoms with van der Waals surface area (Å²) in [6.45, 7) is 2.76. The van der Waals surface area contributed by atoms with Gasteiger partial charge in [-0.25, -0.2) is 0 Å². The molecular weight excluding hydrogens is 234 g/mol. The van der Waals surface area contributed by atoms with Crippen LogP contribution in [0.15, 0.2) is 17.5 Å². The fourth-order valence-electron chi connectivity index (χ4n) is 2.21. The third-order valence-corrected chi connectivity index (χ3v) is 4.03. The first-order valence-corrected chi connectivity index (χ1v) is 6.91. The van der Waals surface area contributed by atoms with E-state index in [1.807, 2.05) is 17.5 Å². The van der Waals surface area contributed by atoms with Crippen molar-refractivity contribution in [3.05, 3.63) is 22.4 Å². The van der Waals surface area contributed by atoms with Gasteiger partial charge in [0.05, 0.1) is 13.1 Å². The van der Waals surface area contributed by atoms with E-state index in [1.165, 1.54) is 4.88 Å². The van der Waals surface area contributed by atoms with Crippen molar-refractivity contribution >= 4 is 17.2 Å². The maximum Gasteiger partial charge on any atom is 0.234 e. The Bertz CT molecular complexity index is 353. The van der Waals surface area contributed by atoms with Crippen molar-refractivity contribution < 1.29 is 4.79 Å². The summed E-state index contributed by atoms with van der Waals surface area (Å²) in [6.07, 6.45) is 2.27. The summed E-state index contributed by atoms with van der Waals surface area (Å²) in [4.78, 5) is 15.1.